The van der Waals surface area contributed by atoms with Gasteiger partial charge in [-0.2, -0.15) is 0 Å². The van der Waals surface area contributed by atoms with Crippen molar-refractivity contribution in [1.29, 1.82) is 0 Å². The minimum atomic E-state index is -2.71. The number of hydrogen-bond donors (Lipinski definition) is 0. The van der Waals surface area contributed by atoms with E-state index < -0.39 is 27.5 Å². The van der Waals surface area contributed by atoms with Gasteiger partial charge in [0, 0.05) is 0 Å². The fourth-order valence-corrected chi connectivity index (χ4v) is 12.7. The zero-order valence-corrected chi connectivity index (χ0v) is 22.0. The first-order valence-electron chi connectivity index (χ1n) is 8.81. The molecule has 3 aliphatic rings. The molecule has 0 nitrogen and oxygen atoms in total. The second-order valence-corrected chi connectivity index (χ2v) is 21.5. The summed E-state index contributed by atoms with van der Waals surface area (Å²) in [4.78, 5) is 0. The van der Waals surface area contributed by atoms with E-state index in [2.05, 4.69) is 65.1 Å². The van der Waals surface area contributed by atoms with Crippen LogP contribution in [0.15, 0.2) is 66.6 Å². The molecule has 0 amide bonds. The van der Waals surface area contributed by atoms with Gasteiger partial charge in [-0.3, -0.25) is 0 Å². The van der Waals surface area contributed by atoms with Crippen LogP contribution in [0, 0.1) is 5.92 Å². The molecule has 131 valence electrons. The van der Waals surface area contributed by atoms with Gasteiger partial charge in [-0.25, -0.2) is 0 Å². The van der Waals surface area contributed by atoms with E-state index in [1.807, 2.05) is 0 Å². The van der Waals surface area contributed by atoms with Crippen molar-refractivity contribution in [2.75, 3.05) is 0 Å². The third-order valence-electron chi connectivity index (χ3n) is 5.62. The van der Waals surface area contributed by atoms with Gasteiger partial charge in [-0.15, -0.1) is 0 Å². The van der Waals surface area contributed by atoms with Gasteiger partial charge in [0.2, 0.25) is 0 Å². The van der Waals surface area contributed by atoms with Gasteiger partial charge >= 0.3 is 170 Å². The molecule has 4 heteroatoms. The van der Waals surface area contributed by atoms with E-state index in [1.54, 1.807) is 5.17 Å². The molecule has 0 N–H and O–H groups in total. The molecule has 0 aromatic heterocycles. The Bertz CT molecular complexity index is 856. The van der Waals surface area contributed by atoms with E-state index in [4.69, 9.17) is 17.2 Å². The van der Waals surface area contributed by atoms with Gasteiger partial charge in [0.25, 0.3) is 0 Å². The van der Waals surface area contributed by atoms with Crippen LogP contribution in [0.4, 0.5) is 0 Å². The molecule has 0 aromatic rings. The van der Waals surface area contributed by atoms with Gasteiger partial charge in [0.05, 0.1) is 0 Å². The molecule has 0 bridgehead atoms. The van der Waals surface area contributed by atoms with Crippen LogP contribution in [0.3, 0.4) is 0 Å². The van der Waals surface area contributed by atoms with Crippen molar-refractivity contribution in [3.63, 3.8) is 0 Å². The van der Waals surface area contributed by atoms with Crippen molar-refractivity contribution in [1.82, 2.24) is 0 Å². The van der Waals surface area contributed by atoms with Crippen molar-refractivity contribution < 1.29 is 19.1 Å². The zero-order valence-electron chi connectivity index (χ0n) is 15.8. The van der Waals surface area contributed by atoms with Gasteiger partial charge in [-0.05, 0) is 0 Å². The van der Waals surface area contributed by atoms with Crippen molar-refractivity contribution in [3.8, 4) is 0 Å². The summed E-state index contributed by atoms with van der Waals surface area (Å²) < 4.78 is 1.31. The fraction of sp³-hybridized carbons (Fsp3) is 0.381. The molecule has 0 aromatic carbocycles. The molecule has 0 heterocycles. The predicted octanol–water partition coefficient (Wildman–Crippen LogP) is 6.80. The van der Waals surface area contributed by atoms with Crippen LogP contribution in [0.2, 0.25) is 13.1 Å². The zero-order chi connectivity index (χ0) is 18.5. The van der Waals surface area contributed by atoms with E-state index in [1.165, 1.54) is 42.3 Å². The molecular weight excluding hydrogens is 530 g/mol. The summed E-state index contributed by atoms with van der Waals surface area (Å²) in [5, 5.41) is 1.59. The quantitative estimate of drug-likeness (QED) is 0.329. The molecule has 3 aliphatic carbocycles. The van der Waals surface area contributed by atoms with Crippen molar-refractivity contribution in [2.45, 2.75) is 47.2 Å². The van der Waals surface area contributed by atoms with E-state index in [-0.39, 0.29) is 0 Å². The Morgan fingerprint density at radius 1 is 1.16 bits per heavy atom. The number of allylic oxidation sites excluding steroid dienone is 12. The predicted molar refractivity (Wildman–Crippen MR) is 111 cm³/mol. The molecule has 1 atom stereocenters. The molecule has 3 rings (SSSR count). The third-order valence-corrected chi connectivity index (χ3v) is 14.1. The fourth-order valence-electron chi connectivity index (χ4n) is 4.25. The summed E-state index contributed by atoms with van der Waals surface area (Å²) in [6, 6.07) is 0. The maximum atomic E-state index is 6.63. The molecule has 0 fully saturated rings. The molecule has 25 heavy (non-hydrogen) atoms. The van der Waals surface area contributed by atoms with Gasteiger partial charge in [0.1, 0.15) is 0 Å². The minimum absolute atomic E-state index is 0.442. The summed E-state index contributed by atoms with van der Waals surface area (Å²) in [6.07, 6.45) is 10.3. The van der Waals surface area contributed by atoms with Crippen molar-refractivity contribution in [3.05, 3.63) is 66.6 Å². The summed E-state index contributed by atoms with van der Waals surface area (Å²) in [7, 11) is 12.8. The Kier molecular flexibility index (Phi) is 5.95. The monoisotopic (exact) mass is 555 g/mol. The molecule has 0 spiro atoms. The number of rotatable bonds is 2. The first-order valence-corrected chi connectivity index (χ1v) is 22.0. The van der Waals surface area contributed by atoms with Crippen LogP contribution in [0.25, 0.3) is 0 Å². The van der Waals surface area contributed by atoms with Crippen molar-refractivity contribution in [2.24, 2.45) is 5.92 Å². The van der Waals surface area contributed by atoms with Crippen LogP contribution in [0.1, 0.15) is 34.1 Å². The number of halogens is 2. The Labute approximate surface area is 168 Å². The van der Waals surface area contributed by atoms with Crippen LogP contribution in [-0.2, 0) is 19.1 Å². The first-order chi connectivity index (χ1) is 11.7. The second-order valence-electron chi connectivity index (χ2n) is 7.48. The SMILES string of the molecule is CC1=C(C)CC(C2=C3C(=CC=CC(=[Si](C)C)C3C)[C]([Hf]([Cl])[Cl])=C2C)=C1. The van der Waals surface area contributed by atoms with Gasteiger partial charge < -0.3 is 0 Å². The summed E-state index contributed by atoms with van der Waals surface area (Å²) in [6.45, 7) is 13.9. The van der Waals surface area contributed by atoms with Crippen LogP contribution in [-0.4, -0.2) is 13.6 Å². The van der Waals surface area contributed by atoms with E-state index >= 15 is 0 Å². The van der Waals surface area contributed by atoms with Crippen molar-refractivity contribution >= 4 is 30.7 Å². The molecular formula is C21H25Cl2HfSi. The maximum absolute atomic E-state index is 6.63. The van der Waals surface area contributed by atoms with E-state index in [0.29, 0.717) is 5.92 Å². The summed E-state index contributed by atoms with van der Waals surface area (Å²) in [5.41, 5.74) is 9.96. The summed E-state index contributed by atoms with van der Waals surface area (Å²) >= 11 is -2.71. The average Bonchev–Trinajstić information content (AvgIpc) is 2.93. The Morgan fingerprint density at radius 2 is 1.84 bits per heavy atom. The Balaban J connectivity index is 2.25. The second kappa shape index (κ2) is 7.54. The van der Waals surface area contributed by atoms with Crippen LogP contribution < -0.4 is 0 Å². The van der Waals surface area contributed by atoms with Crippen LogP contribution >= 0.6 is 17.2 Å². The number of fused-ring (bicyclic) bond motifs is 1. The van der Waals surface area contributed by atoms with E-state index in [0.717, 1.165) is 6.42 Å². The molecule has 0 saturated carbocycles. The number of hydrogen-bond acceptors (Lipinski definition) is 0. The van der Waals surface area contributed by atoms with Crippen LogP contribution in [0.5, 0.6) is 0 Å². The Morgan fingerprint density at radius 3 is 2.36 bits per heavy atom. The molecule has 0 aliphatic heterocycles. The van der Waals surface area contributed by atoms with E-state index in [9.17, 15) is 0 Å². The topological polar surface area (TPSA) is 0 Å². The molecule has 1 unspecified atom stereocenters. The Hall–Kier alpha value is -0.0230. The standard InChI is InChI=1S/C21H25Si.2ClH.Hf/c1-13-10-18(11-14(13)2)20-15(3)12-17-8-7-9-19(22(5)6)16(4)21(17)20;;;/h7-10,16H,11H2,1-6H3;2*1H;/q;;;+2/p-2. The van der Waals surface area contributed by atoms with Gasteiger partial charge in [0.15, 0.2) is 0 Å². The van der Waals surface area contributed by atoms with Gasteiger partial charge in [-0.1, -0.05) is 0 Å². The average molecular weight is 555 g/mol. The molecule has 0 saturated heterocycles. The third kappa shape index (κ3) is 3.45. The summed E-state index contributed by atoms with van der Waals surface area (Å²) in [5.74, 6) is 0.442. The molecule has 0 radical (unpaired) electrons. The first kappa shape index (κ1) is 19.7. The normalized spacial score (nSPS) is 23.2.